The van der Waals surface area contributed by atoms with Gasteiger partial charge in [-0.2, -0.15) is 0 Å². The predicted octanol–water partition coefficient (Wildman–Crippen LogP) is 1.51. The fourth-order valence-corrected chi connectivity index (χ4v) is 2.75. The first-order valence-corrected chi connectivity index (χ1v) is 7.28. The highest BCUT2D eigenvalue weighted by molar-refractivity contribution is 5.85. The molecule has 2 aliphatic rings. The molecule has 0 amide bonds. The van der Waals surface area contributed by atoms with Gasteiger partial charge < -0.3 is 25.2 Å². The van der Waals surface area contributed by atoms with Crippen LogP contribution >= 0.6 is 24.8 Å². The molecule has 1 aromatic carbocycles. The Labute approximate surface area is 143 Å². The van der Waals surface area contributed by atoms with Crippen molar-refractivity contribution in [3.05, 3.63) is 23.8 Å². The van der Waals surface area contributed by atoms with Crippen molar-refractivity contribution in [1.82, 2.24) is 10.6 Å². The number of nitrogens with one attached hydrogen (secondary N) is 2. The Bertz CT molecular complexity index is 468. The van der Waals surface area contributed by atoms with Crippen molar-refractivity contribution < 1.29 is 14.6 Å². The number of β-amino-alcohol motifs (C(OH)–C–C–N with tert-alkyl or cyclic N) is 1. The van der Waals surface area contributed by atoms with E-state index >= 15 is 0 Å². The molecule has 126 valence electrons. The van der Waals surface area contributed by atoms with Crippen LogP contribution in [-0.2, 0) is 6.42 Å². The summed E-state index contributed by atoms with van der Waals surface area (Å²) in [5.41, 5.74) is 0.628. The number of piperidine rings is 1. The topological polar surface area (TPSA) is 62.8 Å². The monoisotopic (exact) mass is 350 g/mol. The minimum absolute atomic E-state index is 0. The van der Waals surface area contributed by atoms with Gasteiger partial charge in [0.25, 0.3) is 0 Å². The molecule has 0 aromatic heterocycles. The molecule has 1 aromatic rings. The standard InChI is InChI=1S/C15H22N2O3.2ClH/c18-15(5-1-6-16-9-15)10-17-7-4-12-2-3-13-14(8-12)20-11-19-13;;/h2-3,8,16-18H,1,4-7,9-11H2;2*1H. The third-order valence-corrected chi connectivity index (χ3v) is 3.93. The van der Waals surface area contributed by atoms with Gasteiger partial charge in [-0.05, 0) is 50.0 Å². The Kier molecular flexibility index (Phi) is 7.72. The van der Waals surface area contributed by atoms with E-state index < -0.39 is 5.60 Å². The SMILES string of the molecule is Cl.Cl.OC1(CNCCc2ccc3c(c2)OCO3)CCCNC1. The van der Waals surface area contributed by atoms with Gasteiger partial charge in [-0.25, -0.2) is 0 Å². The van der Waals surface area contributed by atoms with E-state index in [0.717, 1.165) is 43.9 Å². The van der Waals surface area contributed by atoms with Crippen molar-refractivity contribution in [2.24, 2.45) is 0 Å². The summed E-state index contributed by atoms with van der Waals surface area (Å²) < 4.78 is 10.7. The quantitative estimate of drug-likeness (QED) is 0.702. The number of benzene rings is 1. The number of hydrogen-bond acceptors (Lipinski definition) is 5. The smallest absolute Gasteiger partial charge is 0.231 e. The van der Waals surface area contributed by atoms with Crippen molar-refractivity contribution >= 4 is 24.8 Å². The van der Waals surface area contributed by atoms with Crippen LogP contribution < -0.4 is 20.1 Å². The molecule has 1 fully saturated rings. The molecule has 0 saturated carbocycles. The summed E-state index contributed by atoms with van der Waals surface area (Å²) >= 11 is 0. The first-order chi connectivity index (χ1) is 9.75. The lowest BCUT2D eigenvalue weighted by Gasteiger charge is -2.32. The molecule has 7 heteroatoms. The first-order valence-electron chi connectivity index (χ1n) is 7.28. The van der Waals surface area contributed by atoms with Gasteiger partial charge in [0.05, 0.1) is 5.60 Å². The highest BCUT2D eigenvalue weighted by Gasteiger charge is 2.28. The Hall–Kier alpha value is -0.720. The second-order valence-corrected chi connectivity index (χ2v) is 5.62. The zero-order valence-corrected chi connectivity index (χ0v) is 14.1. The summed E-state index contributed by atoms with van der Waals surface area (Å²) in [4.78, 5) is 0. The number of halogens is 2. The molecular weight excluding hydrogens is 327 g/mol. The average molecular weight is 351 g/mol. The molecule has 5 nitrogen and oxygen atoms in total. The maximum Gasteiger partial charge on any atom is 0.231 e. The van der Waals surface area contributed by atoms with Gasteiger partial charge in [0.2, 0.25) is 6.79 Å². The van der Waals surface area contributed by atoms with E-state index in [0.29, 0.717) is 19.9 Å². The highest BCUT2D eigenvalue weighted by atomic mass is 35.5. The highest BCUT2D eigenvalue weighted by Crippen LogP contribution is 2.32. The van der Waals surface area contributed by atoms with E-state index in [2.05, 4.69) is 16.7 Å². The lowest BCUT2D eigenvalue weighted by molar-refractivity contribution is 0.0174. The van der Waals surface area contributed by atoms with Crippen LogP contribution in [0.3, 0.4) is 0 Å². The van der Waals surface area contributed by atoms with Gasteiger partial charge >= 0.3 is 0 Å². The molecular formula is C15H24Cl2N2O3. The molecule has 3 rings (SSSR count). The number of aliphatic hydroxyl groups is 1. The van der Waals surface area contributed by atoms with Crippen molar-refractivity contribution in [2.75, 3.05) is 33.0 Å². The lowest BCUT2D eigenvalue weighted by atomic mass is 9.94. The van der Waals surface area contributed by atoms with Gasteiger partial charge in [-0.1, -0.05) is 6.07 Å². The summed E-state index contributed by atoms with van der Waals surface area (Å²) in [5, 5.41) is 16.9. The van der Waals surface area contributed by atoms with Gasteiger partial charge in [0.15, 0.2) is 11.5 Å². The molecule has 0 spiro atoms. The summed E-state index contributed by atoms with van der Waals surface area (Å²) in [6, 6.07) is 6.04. The maximum atomic E-state index is 10.3. The second kappa shape index (κ2) is 8.79. The van der Waals surface area contributed by atoms with Crippen LogP contribution in [0, 0.1) is 0 Å². The summed E-state index contributed by atoms with van der Waals surface area (Å²) in [5.74, 6) is 1.65. The molecule has 1 saturated heterocycles. The maximum absolute atomic E-state index is 10.3. The van der Waals surface area contributed by atoms with Gasteiger partial charge in [-0.15, -0.1) is 24.8 Å². The number of ether oxygens (including phenoxy) is 2. The van der Waals surface area contributed by atoms with E-state index in [1.165, 1.54) is 5.56 Å². The van der Waals surface area contributed by atoms with Gasteiger partial charge in [0.1, 0.15) is 0 Å². The van der Waals surface area contributed by atoms with Crippen LogP contribution in [0.25, 0.3) is 0 Å². The summed E-state index contributed by atoms with van der Waals surface area (Å²) in [7, 11) is 0. The van der Waals surface area contributed by atoms with Crippen molar-refractivity contribution in [3.8, 4) is 11.5 Å². The molecule has 1 unspecified atom stereocenters. The Morgan fingerprint density at radius 3 is 2.82 bits per heavy atom. The second-order valence-electron chi connectivity index (χ2n) is 5.62. The minimum Gasteiger partial charge on any atom is -0.454 e. The molecule has 0 radical (unpaired) electrons. The molecule has 1 atom stereocenters. The van der Waals surface area contributed by atoms with Crippen LogP contribution in [0.5, 0.6) is 11.5 Å². The number of fused-ring (bicyclic) bond motifs is 1. The van der Waals surface area contributed by atoms with Crippen molar-refractivity contribution in [2.45, 2.75) is 24.9 Å². The lowest BCUT2D eigenvalue weighted by Crippen LogP contribution is -2.52. The average Bonchev–Trinajstić information content (AvgIpc) is 2.92. The predicted molar refractivity (Wildman–Crippen MR) is 90.7 cm³/mol. The number of hydrogen-bond donors (Lipinski definition) is 3. The minimum atomic E-state index is -0.590. The van der Waals surface area contributed by atoms with E-state index in [1.54, 1.807) is 0 Å². The summed E-state index contributed by atoms with van der Waals surface area (Å²) in [6.07, 6.45) is 2.83. The molecule has 22 heavy (non-hydrogen) atoms. The Morgan fingerprint density at radius 2 is 2.05 bits per heavy atom. The fraction of sp³-hybridized carbons (Fsp3) is 0.600. The zero-order valence-electron chi connectivity index (χ0n) is 12.5. The van der Waals surface area contributed by atoms with E-state index in [4.69, 9.17) is 9.47 Å². The first kappa shape index (κ1) is 19.3. The van der Waals surface area contributed by atoms with Crippen molar-refractivity contribution in [3.63, 3.8) is 0 Å². The summed E-state index contributed by atoms with van der Waals surface area (Å²) in [6.45, 7) is 3.51. The molecule has 2 heterocycles. The molecule has 0 aliphatic carbocycles. The van der Waals surface area contributed by atoms with Crippen LogP contribution in [0.4, 0.5) is 0 Å². The van der Waals surface area contributed by atoms with Crippen LogP contribution in [0.15, 0.2) is 18.2 Å². The van der Waals surface area contributed by atoms with Crippen molar-refractivity contribution in [1.29, 1.82) is 0 Å². The zero-order chi connectivity index (χ0) is 13.8. The normalized spacial score (nSPS) is 22.6. The van der Waals surface area contributed by atoms with Crippen LogP contribution in [0.2, 0.25) is 0 Å². The van der Waals surface area contributed by atoms with Gasteiger partial charge in [0, 0.05) is 13.1 Å². The Morgan fingerprint density at radius 1 is 1.23 bits per heavy atom. The molecule has 2 aliphatic heterocycles. The fourth-order valence-electron chi connectivity index (χ4n) is 2.75. The molecule has 3 N–H and O–H groups in total. The number of rotatable bonds is 5. The van der Waals surface area contributed by atoms with E-state index in [-0.39, 0.29) is 24.8 Å². The third-order valence-electron chi connectivity index (χ3n) is 3.93. The van der Waals surface area contributed by atoms with Crippen LogP contribution in [0.1, 0.15) is 18.4 Å². The van der Waals surface area contributed by atoms with Crippen LogP contribution in [-0.4, -0.2) is 43.7 Å². The third kappa shape index (κ3) is 4.89. The van der Waals surface area contributed by atoms with Gasteiger partial charge in [-0.3, -0.25) is 0 Å². The van der Waals surface area contributed by atoms with E-state index in [1.807, 2.05) is 12.1 Å². The Balaban J connectivity index is 0.00000121. The largest absolute Gasteiger partial charge is 0.454 e. The van der Waals surface area contributed by atoms with E-state index in [9.17, 15) is 5.11 Å². The molecule has 0 bridgehead atoms.